The van der Waals surface area contributed by atoms with Gasteiger partial charge in [-0.2, -0.15) is 13.2 Å². The molecule has 0 amide bonds. The van der Waals surface area contributed by atoms with E-state index in [0.29, 0.717) is 25.7 Å². The fourth-order valence-electron chi connectivity index (χ4n) is 3.34. The number of halogens is 3. The summed E-state index contributed by atoms with van der Waals surface area (Å²) in [6, 6.07) is -0.946. The van der Waals surface area contributed by atoms with Crippen molar-refractivity contribution in [3.63, 3.8) is 0 Å². The van der Waals surface area contributed by atoms with E-state index in [0.717, 1.165) is 4.31 Å². The highest BCUT2D eigenvalue weighted by molar-refractivity contribution is 7.90. The molecule has 0 N–H and O–H groups in total. The van der Waals surface area contributed by atoms with Gasteiger partial charge in [0.15, 0.2) is 0 Å². The van der Waals surface area contributed by atoms with E-state index in [1.165, 1.54) is 7.05 Å². The van der Waals surface area contributed by atoms with Crippen LogP contribution >= 0.6 is 0 Å². The third kappa shape index (κ3) is 2.47. The summed E-state index contributed by atoms with van der Waals surface area (Å²) in [5.41, 5.74) is 0. The molecule has 0 saturated heterocycles. The molecule has 0 unspecified atom stereocenters. The largest absolute Gasteiger partial charge is 0.393 e. The molecule has 4 atom stereocenters. The van der Waals surface area contributed by atoms with Crippen LogP contribution in [0.1, 0.15) is 46.0 Å². The topological polar surface area (TPSA) is 37.4 Å². The molecule has 2 aliphatic carbocycles. The quantitative estimate of drug-likeness (QED) is 0.802. The van der Waals surface area contributed by atoms with Crippen molar-refractivity contribution in [1.29, 1.82) is 0 Å². The summed E-state index contributed by atoms with van der Waals surface area (Å²) in [7, 11) is -2.35. The van der Waals surface area contributed by atoms with E-state index in [9.17, 15) is 21.6 Å². The van der Waals surface area contributed by atoms with Gasteiger partial charge in [-0.05, 0) is 32.1 Å². The van der Waals surface area contributed by atoms with Gasteiger partial charge in [0.25, 0.3) is 0 Å². The number of rotatable bonds is 3. The van der Waals surface area contributed by atoms with Crippen LogP contribution in [0.2, 0.25) is 0 Å². The van der Waals surface area contributed by atoms with Gasteiger partial charge in [0, 0.05) is 13.1 Å². The summed E-state index contributed by atoms with van der Waals surface area (Å²) in [4.78, 5) is 0. The normalized spacial score (nSPS) is 39.0. The zero-order chi connectivity index (χ0) is 15.3. The van der Waals surface area contributed by atoms with Crippen LogP contribution in [0.15, 0.2) is 0 Å². The van der Waals surface area contributed by atoms with Crippen LogP contribution < -0.4 is 0 Å². The SMILES string of the molecule is C[C@@H]1C[C@@]1(C)S(=O)(=O)N(C)[C@@H]1CCCC[C@@H]1C(F)(F)F. The number of alkyl halides is 3. The smallest absolute Gasteiger partial charge is 0.212 e. The summed E-state index contributed by atoms with van der Waals surface area (Å²) in [5, 5.41) is 0. The minimum Gasteiger partial charge on any atom is -0.212 e. The van der Waals surface area contributed by atoms with Gasteiger partial charge in [0.2, 0.25) is 10.0 Å². The lowest BCUT2D eigenvalue weighted by molar-refractivity contribution is -0.193. The van der Waals surface area contributed by atoms with Crippen molar-refractivity contribution >= 4 is 10.0 Å². The summed E-state index contributed by atoms with van der Waals surface area (Å²) < 4.78 is 64.6. The van der Waals surface area contributed by atoms with Crippen LogP contribution in [-0.2, 0) is 10.0 Å². The Hall–Kier alpha value is -0.300. The maximum Gasteiger partial charge on any atom is 0.393 e. The molecule has 7 heteroatoms. The van der Waals surface area contributed by atoms with Crippen molar-refractivity contribution in [2.24, 2.45) is 11.8 Å². The van der Waals surface area contributed by atoms with Crippen LogP contribution in [0, 0.1) is 11.8 Å². The van der Waals surface area contributed by atoms with Crippen molar-refractivity contribution in [3.05, 3.63) is 0 Å². The molecule has 0 aromatic heterocycles. The Morgan fingerprint density at radius 3 is 2.15 bits per heavy atom. The van der Waals surface area contributed by atoms with Crippen LogP contribution in [0.25, 0.3) is 0 Å². The first-order chi connectivity index (χ1) is 9.02. The van der Waals surface area contributed by atoms with Crippen LogP contribution in [0.5, 0.6) is 0 Å². The first kappa shape index (κ1) is 16.1. The lowest BCUT2D eigenvalue weighted by atomic mass is 9.84. The van der Waals surface area contributed by atoms with Gasteiger partial charge in [0.05, 0.1) is 10.7 Å². The molecule has 20 heavy (non-hydrogen) atoms. The molecule has 2 fully saturated rings. The lowest BCUT2D eigenvalue weighted by Gasteiger charge is -2.39. The maximum absolute atomic E-state index is 13.1. The van der Waals surface area contributed by atoms with Crippen molar-refractivity contribution in [2.45, 2.75) is 62.9 Å². The number of hydrogen-bond donors (Lipinski definition) is 0. The maximum atomic E-state index is 13.1. The van der Waals surface area contributed by atoms with E-state index < -0.39 is 32.9 Å². The fraction of sp³-hybridized carbons (Fsp3) is 1.00. The van der Waals surface area contributed by atoms with E-state index in [2.05, 4.69) is 0 Å². The molecular formula is C13H22F3NO2S. The van der Waals surface area contributed by atoms with Gasteiger partial charge < -0.3 is 0 Å². The highest BCUT2D eigenvalue weighted by atomic mass is 32.2. The highest BCUT2D eigenvalue weighted by Crippen LogP contribution is 2.52. The minimum absolute atomic E-state index is 0.0166. The second-order valence-electron chi connectivity index (χ2n) is 6.44. The fourth-order valence-corrected chi connectivity index (χ4v) is 5.58. The van der Waals surface area contributed by atoms with E-state index in [-0.39, 0.29) is 12.3 Å². The van der Waals surface area contributed by atoms with Crippen LogP contribution in [0.3, 0.4) is 0 Å². The highest BCUT2D eigenvalue weighted by Gasteiger charge is 2.61. The zero-order valence-electron chi connectivity index (χ0n) is 12.1. The Morgan fingerprint density at radius 2 is 1.70 bits per heavy atom. The van der Waals surface area contributed by atoms with Crippen LogP contribution in [-0.4, -0.2) is 36.7 Å². The number of sulfonamides is 1. The average Bonchev–Trinajstić information content (AvgIpc) is 2.97. The summed E-state index contributed by atoms with van der Waals surface area (Å²) >= 11 is 0. The zero-order valence-corrected chi connectivity index (χ0v) is 12.9. The molecule has 0 aromatic rings. The summed E-state index contributed by atoms with van der Waals surface area (Å²) in [5.74, 6) is -1.52. The lowest BCUT2D eigenvalue weighted by Crippen LogP contribution is -2.51. The van der Waals surface area contributed by atoms with Gasteiger partial charge in [-0.3, -0.25) is 0 Å². The van der Waals surface area contributed by atoms with Crippen LogP contribution in [0.4, 0.5) is 13.2 Å². The van der Waals surface area contributed by atoms with E-state index in [1.807, 2.05) is 6.92 Å². The first-order valence-corrected chi connectivity index (χ1v) is 8.50. The molecule has 0 spiro atoms. The Kier molecular flexibility index (Phi) is 3.91. The molecule has 118 valence electrons. The molecule has 0 bridgehead atoms. The Morgan fingerprint density at radius 1 is 1.20 bits per heavy atom. The number of hydrogen-bond acceptors (Lipinski definition) is 2. The molecule has 0 aromatic carbocycles. The van der Waals surface area contributed by atoms with Gasteiger partial charge in [-0.15, -0.1) is 0 Å². The minimum atomic E-state index is -4.33. The van der Waals surface area contributed by atoms with Gasteiger partial charge in [-0.25, -0.2) is 12.7 Å². The standard InChI is InChI=1S/C13H22F3NO2S/c1-9-8-12(9,2)20(18,19)17(3)11-7-5-4-6-10(11)13(14,15)16/h9-11H,4-8H2,1-3H3/t9-,10+,11-,12-/m1/s1. The average molecular weight is 313 g/mol. The summed E-state index contributed by atoms with van der Waals surface area (Å²) in [6.45, 7) is 3.46. The van der Waals surface area contributed by atoms with Gasteiger partial charge in [-0.1, -0.05) is 19.8 Å². The molecule has 2 rings (SSSR count). The second-order valence-corrected chi connectivity index (χ2v) is 8.90. The molecule has 2 aliphatic rings. The second kappa shape index (κ2) is 4.87. The predicted octanol–water partition coefficient (Wildman–Crippen LogP) is 3.17. The molecule has 3 nitrogen and oxygen atoms in total. The Balaban J connectivity index is 2.25. The Bertz CT molecular complexity index is 476. The summed E-state index contributed by atoms with van der Waals surface area (Å²) in [6.07, 6.45) is -2.30. The molecule has 2 saturated carbocycles. The van der Waals surface area contributed by atoms with Gasteiger partial charge in [0.1, 0.15) is 0 Å². The molecule has 0 radical (unpaired) electrons. The molecule has 0 aliphatic heterocycles. The Labute approximate surface area is 118 Å². The van der Waals surface area contributed by atoms with Gasteiger partial charge >= 0.3 is 6.18 Å². The van der Waals surface area contributed by atoms with Crippen molar-refractivity contribution in [3.8, 4) is 0 Å². The van der Waals surface area contributed by atoms with E-state index in [1.54, 1.807) is 6.92 Å². The number of nitrogens with zero attached hydrogens (tertiary/aromatic N) is 1. The third-order valence-corrected chi connectivity index (χ3v) is 7.96. The van der Waals surface area contributed by atoms with Crippen molar-refractivity contribution in [1.82, 2.24) is 4.31 Å². The van der Waals surface area contributed by atoms with Crippen molar-refractivity contribution in [2.75, 3.05) is 7.05 Å². The first-order valence-electron chi connectivity index (χ1n) is 7.06. The molecular weight excluding hydrogens is 291 g/mol. The molecule has 0 heterocycles. The van der Waals surface area contributed by atoms with E-state index in [4.69, 9.17) is 0 Å². The monoisotopic (exact) mass is 313 g/mol. The van der Waals surface area contributed by atoms with Crippen molar-refractivity contribution < 1.29 is 21.6 Å². The predicted molar refractivity (Wildman–Crippen MR) is 70.7 cm³/mol. The third-order valence-electron chi connectivity index (χ3n) is 5.18. The van der Waals surface area contributed by atoms with E-state index >= 15 is 0 Å².